The summed E-state index contributed by atoms with van der Waals surface area (Å²) in [5.74, 6) is 0.918. The number of carbonyl (C=O) groups excluding carboxylic acids is 1. The Kier molecular flexibility index (Phi) is 6.37. The van der Waals surface area contributed by atoms with Gasteiger partial charge in [-0.05, 0) is 31.2 Å². The maximum Gasteiger partial charge on any atom is 0.253 e. The van der Waals surface area contributed by atoms with Crippen molar-refractivity contribution >= 4 is 28.1 Å². The molecule has 0 aliphatic carbocycles. The van der Waals surface area contributed by atoms with Gasteiger partial charge in [0.1, 0.15) is 5.75 Å². The van der Waals surface area contributed by atoms with Crippen LogP contribution in [-0.4, -0.2) is 35.3 Å². The van der Waals surface area contributed by atoms with Crippen molar-refractivity contribution in [3.05, 3.63) is 54.1 Å². The largest absolute Gasteiger partial charge is 0.495 e. The number of para-hydroxylation sites is 3. The summed E-state index contributed by atoms with van der Waals surface area (Å²) in [6, 6.07) is 14.6. The fraction of sp³-hybridized carbons (Fsp3) is 0.278. The quantitative estimate of drug-likeness (QED) is 0.809. The first-order valence-corrected chi connectivity index (χ1v) is 9.34. The standard InChI is InChI=1S/C18H22N2O3S/c1-13(12-24(3)22)19-18(21)14-8-4-5-9-15(14)20-16-10-6-7-11-17(16)23-2/h4-11,13,20H,12H2,1-3H3,(H,19,21). The van der Waals surface area contributed by atoms with Gasteiger partial charge in [0.15, 0.2) is 0 Å². The van der Waals surface area contributed by atoms with Crippen LogP contribution in [0.25, 0.3) is 0 Å². The lowest BCUT2D eigenvalue weighted by molar-refractivity contribution is 0.0944. The lowest BCUT2D eigenvalue weighted by atomic mass is 10.1. The summed E-state index contributed by atoms with van der Waals surface area (Å²) in [5.41, 5.74) is 1.99. The average molecular weight is 346 g/mol. The summed E-state index contributed by atoms with van der Waals surface area (Å²) >= 11 is 0. The first-order chi connectivity index (χ1) is 11.5. The zero-order valence-electron chi connectivity index (χ0n) is 14.0. The van der Waals surface area contributed by atoms with Gasteiger partial charge in [-0.15, -0.1) is 0 Å². The SMILES string of the molecule is COc1ccccc1Nc1ccccc1C(=O)NC(C)CS(C)=O. The molecule has 0 aliphatic rings. The molecule has 2 aromatic carbocycles. The first kappa shape index (κ1) is 18.0. The third-order valence-corrected chi connectivity index (χ3v) is 4.38. The van der Waals surface area contributed by atoms with Crippen LogP contribution in [0, 0.1) is 0 Å². The van der Waals surface area contributed by atoms with E-state index in [0.717, 1.165) is 5.69 Å². The van der Waals surface area contributed by atoms with Crippen molar-refractivity contribution in [2.45, 2.75) is 13.0 Å². The number of hydrogen-bond acceptors (Lipinski definition) is 4. The molecule has 0 spiro atoms. The van der Waals surface area contributed by atoms with Crippen molar-refractivity contribution < 1.29 is 13.7 Å². The van der Waals surface area contributed by atoms with E-state index in [2.05, 4.69) is 10.6 Å². The third kappa shape index (κ3) is 4.83. The lowest BCUT2D eigenvalue weighted by Crippen LogP contribution is -2.36. The number of methoxy groups -OCH3 is 1. The number of carbonyl (C=O) groups is 1. The van der Waals surface area contributed by atoms with E-state index >= 15 is 0 Å². The molecule has 0 fully saturated rings. The van der Waals surface area contributed by atoms with Crippen molar-refractivity contribution in [3.63, 3.8) is 0 Å². The van der Waals surface area contributed by atoms with E-state index in [-0.39, 0.29) is 11.9 Å². The van der Waals surface area contributed by atoms with Crippen molar-refractivity contribution in [1.82, 2.24) is 5.32 Å². The predicted molar refractivity (Wildman–Crippen MR) is 98.6 cm³/mol. The van der Waals surface area contributed by atoms with Gasteiger partial charge in [0, 0.05) is 28.9 Å². The molecule has 2 rings (SSSR count). The van der Waals surface area contributed by atoms with E-state index in [4.69, 9.17) is 4.74 Å². The van der Waals surface area contributed by atoms with E-state index < -0.39 is 10.8 Å². The molecular weight excluding hydrogens is 324 g/mol. The van der Waals surface area contributed by atoms with Crippen LogP contribution in [-0.2, 0) is 10.8 Å². The Bertz CT molecular complexity index is 734. The molecule has 2 atom stereocenters. The van der Waals surface area contributed by atoms with Gasteiger partial charge in [0.05, 0.1) is 24.0 Å². The minimum Gasteiger partial charge on any atom is -0.495 e. The molecule has 0 saturated carbocycles. The molecule has 0 radical (unpaired) electrons. The van der Waals surface area contributed by atoms with Crippen LogP contribution >= 0.6 is 0 Å². The number of rotatable bonds is 7. The molecule has 0 aliphatic heterocycles. The summed E-state index contributed by atoms with van der Waals surface area (Å²) < 4.78 is 16.6. The second-order valence-electron chi connectivity index (χ2n) is 5.49. The van der Waals surface area contributed by atoms with Crippen LogP contribution in [0.15, 0.2) is 48.5 Å². The molecular formula is C18H22N2O3S. The topological polar surface area (TPSA) is 67.4 Å². The molecule has 128 valence electrons. The number of anilines is 2. The second-order valence-corrected chi connectivity index (χ2v) is 6.96. The van der Waals surface area contributed by atoms with Gasteiger partial charge in [-0.25, -0.2) is 0 Å². The van der Waals surface area contributed by atoms with Gasteiger partial charge in [0.2, 0.25) is 0 Å². The van der Waals surface area contributed by atoms with Gasteiger partial charge < -0.3 is 15.4 Å². The number of amides is 1. The van der Waals surface area contributed by atoms with Crippen LogP contribution in [0.5, 0.6) is 5.75 Å². The van der Waals surface area contributed by atoms with E-state index in [1.54, 1.807) is 19.4 Å². The molecule has 2 N–H and O–H groups in total. The minimum atomic E-state index is -0.957. The van der Waals surface area contributed by atoms with Gasteiger partial charge >= 0.3 is 0 Å². The molecule has 6 heteroatoms. The van der Waals surface area contributed by atoms with Gasteiger partial charge in [0.25, 0.3) is 5.91 Å². The Balaban J connectivity index is 2.21. The van der Waals surface area contributed by atoms with Gasteiger partial charge in [-0.3, -0.25) is 9.00 Å². The van der Waals surface area contributed by atoms with E-state index in [0.29, 0.717) is 22.8 Å². The van der Waals surface area contributed by atoms with Gasteiger partial charge in [-0.2, -0.15) is 0 Å². The molecule has 0 bridgehead atoms. The van der Waals surface area contributed by atoms with Crippen LogP contribution < -0.4 is 15.4 Å². The van der Waals surface area contributed by atoms with Crippen LogP contribution in [0.4, 0.5) is 11.4 Å². The summed E-state index contributed by atoms with van der Waals surface area (Å²) in [6.07, 6.45) is 1.62. The van der Waals surface area contributed by atoms with Crippen molar-refractivity contribution in [2.24, 2.45) is 0 Å². The molecule has 2 aromatic rings. The summed E-state index contributed by atoms with van der Waals surface area (Å²) in [7, 11) is 0.646. The lowest BCUT2D eigenvalue weighted by Gasteiger charge is -2.16. The predicted octanol–water partition coefficient (Wildman–Crippen LogP) is 2.94. The van der Waals surface area contributed by atoms with E-state index in [9.17, 15) is 9.00 Å². The fourth-order valence-electron chi connectivity index (χ4n) is 2.38. The maximum atomic E-state index is 12.5. The highest BCUT2D eigenvalue weighted by atomic mass is 32.2. The normalized spacial score (nSPS) is 13.0. The van der Waals surface area contributed by atoms with Crippen molar-refractivity contribution in [3.8, 4) is 5.75 Å². The minimum absolute atomic E-state index is 0.164. The average Bonchev–Trinajstić information content (AvgIpc) is 2.55. The first-order valence-electron chi connectivity index (χ1n) is 7.61. The van der Waals surface area contributed by atoms with Gasteiger partial charge in [-0.1, -0.05) is 24.3 Å². The summed E-state index contributed by atoms with van der Waals surface area (Å²) in [5, 5.41) is 6.12. The highest BCUT2D eigenvalue weighted by molar-refractivity contribution is 7.84. The smallest absolute Gasteiger partial charge is 0.253 e. The number of hydrogen-bond donors (Lipinski definition) is 2. The molecule has 5 nitrogen and oxygen atoms in total. The summed E-state index contributed by atoms with van der Waals surface area (Å²) in [6.45, 7) is 1.84. The molecule has 2 unspecified atom stereocenters. The Hall–Kier alpha value is -2.34. The second kappa shape index (κ2) is 8.49. The fourth-order valence-corrected chi connectivity index (χ4v) is 3.17. The van der Waals surface area contributed by atoms with E-state index in [1.165, 1.54) is 0 Å². The highest BCUT2D eigenvalue weighted by Gasteiger charge is 2.15. The molecule has 0 aromatic heterocycles. The Labute approximate surface area is 144 Å². The molecule has 0 heterocycles. The van der Waals surface area contributed by atoms with Crippen LogP contribution in [0.2, 0.25) is 0 Å². The van der Waals surface area contributed by atoms with Crippen molar-refractivity contribution in [2.75, 3.05) is 24.4 Å². The third-order valence-electron chi connectivity index (χ3n) is 3.41. The Morgan fingerprint density at radius 2 is 1.75 bits per heavy atom. The molecule has 0 saturated heterocycles. The Morgan fingerprint density at radius 1 is 1.12 bits per heavy atom. The Morgan fingerprint density at radius 3 is 2.42 bits per heavy atom. The molecule has 24 heavy (non-hydrogen) atoms. The highest BCUT2D eigenvalue weighted by Crippen LogP contribution is 2.28. The zero-order valence-corrected chi connectivity index (χ0v) is 14.9. The number of benzene rings is 2. The molecule has 1 amide bonds. The monoisotopic (exact) mass is 346 g/mol. The zero-order chi connectivity index (χ0) is 17.5. The number of ether oxygens (including phenoxy) is 1. The van der Waals surface area contributed by atoms with Crippen LogP contribution in [0.3, 0.4) is 0 Å². The number of nitrogens with one attached hydrogen (secondary N) is 2. The van der Waals surface area contributed by atoms with Crippen molar-refractivity contribution in [1.29, 1.82) is 0 Å². The van der Waals surface area contributed by atoms with Crippen LogP contribution in [0.1, 0.15) is 17.3 Å². The van der Waals surface area contributed by atoms with E-state index in [1.807, 2.05) is 49.4 Å². The summed E-state index contributed by atoms with van der Waals surface area (Å²) in [4.78, 5) is 12.5. The maximum absolute atomic E-state index is 12.5.